The normalized spacial score (nSPS) is 23.0. The van der Waals surface area contributed by atoms with Gasteiger partial charge in [-0.3, -0.25) is 0 Å². The maximum absolute atomic E-state index is 11.3. The van der Waals surface area contributed by atoms with Crippen molar-refractivity contribution in [3.8, 4) is 5.82 Å². The number of nitrogens with zero attached hydrogens (tertiary/aromatic N) is 3. The third-order valence-electron chi connectivity index (χ3n) is 3.89. The first kappa shape index (κ1) is 11.2. The molecule has 2 heterocycles. The van der Waals surface area contributed by atoms with Gasteiger partial charge in [0.15, 0.2) is 11.5 Å². The van der Waals surface area contributed by atoms with Crippen molar-refractivity contribution in [2.45, 2.75) is 18.8 Å². The van der Waals surface area contributed by atoms with Gasteiger partial charge in [0, 0.05) is 22.2 Å². The van der Waals surface area contributed by atoms with Gasteiger partial charge < -0.3 is 5.11 Å². The maximum Gasteiger partial charge on any atom is 0.356 e. The SMILES string of the molecule is O=C(O)c1nn(-c2ccc(Br)cn2)c2c1C[C@H]1C[C@@H]21. The van der Waals surface area contributed by atoms with Crippen molar-refractivity contribution in [1.29, 1.82) is 0 Å². The van der Waals surface area contributed by atoms with Crippen molar-refractivity contribution in [3.05, 3.63) is 39.8 Å². The van der Waals surface area contributed by atoms with Gasteiger partial charge in [0.1, 0.15) is 0 Å². The quantitative estimate of drug-likeness (QED) is 0.922. The van der Waals surface area contributed by atoms with Crippen LogP contribution >= 0.6 is 15.9 Å². The van der Waals surface area contributed by atoms with Crippen LogP contribution in [0.5, 0.6) is 0 Å². The number of aromatic nitrogens is 3. The minimum Gasteiger partial charge on any atom is -0.476 e. The van der Waals surface area contributed by atoms with E-state index < -0.39 is 5.97 Å². The number of carbonyl (C=O) groups is 1. The molecule has 5 nitrogen and oxygen atoms in total. The number of carboxylic acid groups (broad SMARTS) is 1. The topological polar surface area (TPSA) is 68.0 Å². The summed E-state index contributed by atoms with van der Waals surface area (Å²) in [6.07, 6.45) is 3.69. The lowest BCUT2D eigenvalue weighted by Crippen LogP contribution is -2.05. The number of rotatable bonds is 2. The molecule has 0 radical (unpaired) electrons. The van der Waals surface area contributed by atoms with Crippen molar-refractivity contribution < 1.29 is 9.90 Å². The monoisotopic (exact) mass is 319 g/mol. The number of fused-ring (bicyclic) bond motifs is 3. The van der Waals surface area contributed by atoms with Gasteiger partial charge in [0.25, 0.3) is 0 Å². The van der Waals surface area contributed by atoms with E-state index in [9.17, 15) is 9.90 Å². The van der Waals surface area contributed by atoms with Crippen molar-refractivity contribution >= 4 is 21.9 Å². The molecule has 2 aliphatic rings. The van der Waals surface area contributed by atoms with Crippen LogP contribution in [0, 0.1) is 5.92 Å². The third kappa shape index (κ3) is 1.56. The highest BCUT2D eigenvalue weighted by molar-refractivity contribution is 9.10. The summed E-state index contributed by atoms with van der Waals surface area (Å²) in [5, 5.41) is 13.5. The summed E-state index contributed by atoms with van der Waals surface area (Å²) in [5.74, 6) is 0.821. The van der Waals surface area contributed by atoms with Gasteiger partial charge in [0.05, 0.1) is 5.69 Å². The van der Waals surface area contributed by atoms with Gasteiger partial charge in [-0.25, -0.2) is 14.5 Å². The molecule has 0 bridgehead atoms. The molecule has 1 fully saturated rings. The summed E-state index contributed by atoms with van der Waals surface area (Å²) < 4.78 is 2.60. The first-order valence-electron chi connectivity index (χ1n) is 6.12. The zero-order chi connectivity index (χ0) is 13.1. The van der Waals surface area contributed by atoms with Crippen LogP contribution in [0.1, 0.15) is 34.1 Å². The first-order chi connectivity index (χ1) is 9.15. The summed E-state index contributed by atoms with van der Waals surface area (Å²) in [7, 11) is 0. The van der Waals surface area contributed by atoms with Crippen LogP contribution in [-0.4, -0.2) is 25.8 Å². The molecule has 2 aromatic rings. The molecule has 0 aliphatic heterocycles. The summed E-state index contributed by atoms with van der Waals surface area (Å²) in [5.41, 5.74) is 2.14. The Morgan fingerprint density at radius 2 is 2.32 bits per heavy atom. The average Bonchev–Trinajstić information content (AvgIpc) is 2.89. The van der Waals surface area contributed by atoms with Gasteiger partial charge >= 0.3 is 5.97 Å². The molecule has 2 aromatic heterocycles. The lowest BCUT2D eigenvalue weighted by molar-refractivity contribution is 0.0688. The van der Waals surface area contributed by atoms with E-state index in [1.165, 1.54) is 0 Å². The van der Waals surface area contributed by atoms with Crippen molar-refractivity contribution in [2.24, 2.45) is 5.92 Å². The average molecular weight is 320 g/mol. The summed E-state index contributed by atoms with van der Waals surface area (Å²) in [6.45, 7) is 0. The van der Waals surface area contributed by atoms with Gasteiger partial charge in [-0.1, -0.05) is 0 Å². The third-order valence-corrected chi connectivity index (χ3v) is 4.36. The molecule has 0 spiro atoms. The van der Waals surface area contributed by atoms with E-state index in [2.05, 4.69) is 26.0 Å². The molecule has 0 amide bonds. The fourth-order valence-electron chi connectivity index (χ4n) is 2.96. The van der Waals surface area contributed by atoms with E-state index in [1.54, 1.807) is 10.9 Å². The second-order valence-corrected chi connectivity index (χ2v) is 5.99. The molecule has 0 saturated heterocycles. The second kappa shape index (κ2) is 3.66. The number of hydrogen-bond acceptors (Lipinski definition) is 3. The Morgan fingerprint density at radius 1 is 1.47 bits per heavy atom. The molecule has 96 valence electrons. The standard InChI is InChI=1S/C13H10BrN3O2/c14-7-1-2-10(15-5-7)17-12-8-3-6(8)4-9(12)11(16-17)13(18)19/h1-2,5-6,8H,3-4H2,(H,18,19)/t6-,8-/m1/s1. The Hall–Kier alpha value is -1.69. The largest absolute Gasteiger partial charge is 0.476 e. The van der Waals surface area contributed by atoms with Crippen LogP contribution in [0.25, 0.3) is 5.82 Å². The number of hydrogen-bond donors (Lipinski definition) is 1. The van der Waals surface area contributed by atoms with Crippen molar-refractivity contribution in [1.82, 2.24) is 14.8 Å². The van der Waals surface area contributed by atoms with Crippen LogP contribution in [0.15, 0.2) is 22.8 Å². The first-order valence-corrected chi connectivity index (χ1v) is 6.91. The van der Waals surface area contributed by atoms with Crippen molar-refractivity contribution in [3.63, 3.8) is 0 Å². The van der Waals surface area contributed by atoms with E-state index >= 15 is 0 Å². The molecular weight excluding hydrogens is 310 g/mol. The molecule has 0 unspecified atom stereocenters. The number of halogens is 1. The van der Waals surface area contributed by atoms with E-state index in [-0.39, 0.29) is 5.69 Å². The smallest absolute Gasteiger partial charge is 0.356 e. The van der Waals surface area contributed by atoms with Gasteiger partial charge in [-0.15, -0.1) is 0 Å². The minimum atomic E-state index is -0.951. The van der Waals surface area contributed by atoms with Gasteiger partial charge in [-0.2, -0.15) is 5.10 Å². The highest BCUT2D eigenvalue weighted by Gasteiger charge is 2.50. The molecule has 6 heteroatoms. The fraction of sp³-hybridized carbons (Fsp3) is 0.308. The Kier molecular flexibility index (Phi) is 2.15. The van der Waals surface area contributed by atoms with Crippen LogP contribution in [-0.2, 0) is 6.42 Å². The Labute approximate surface area is 117 Å². The predicted molar refractivity (Wildman–Crippen MR) is 70.6 cm³/mol. The second-order valence-electron chi connectivity index (χ2n) is 5.07. The molecule has 2 atom stereocenters. The summed E-state index contributed by atoms with van der Waals surface area (Å²) in [4.78, 5) is 15.6. The molecule has 4 rings (SSSR count). The lowest BCUT2D eigenvalue weighted by atomic mass is 10.1. The number of aromatic carboxylic acids is 1. The maximum atomic E-state index is 11.3. The Morgan fingerprint density at radius 3 is 3.00 bits per heavy atom. The van der Waals surface area contributed by atoms with Crippen LogP contribution in [0.4, 0.5) is 0 Å². The Bertz CT molecular complexity index is 693. The fourth-order valence-corrected chi connectivity index (χ4v) is 3.19. The van der Waals surface area contributed by atoms with E-state index in [1.807, 2.05) is 12.1 Å². The van der Waals surface area contributed by atoms with Gasteiger partial charge in [0.2, 0.25) is 0 Å². The zero-order valence-electron chi connectivity index (χ0n) is 9.88. The lowest BCUT2D eigenvalue weighted by Gasteiger charge is -2.04. The summed E-state index contributed by atoms with van der Waals surface area (Å²) >= 11 is 3.34. The molecule has 1 N–H and O–H groups in total. The van der Waals surface area contributed by atoms with E-state index in [4.69, 9.17) is 0 Å². The minimum absolute atomic E-state index is 0.187. The van der Waals surface area contributed by atoms with Crippen LogP contribution in [0.2, 0.25) is 0 Å². The van der Waals surface area contributed by atoms with E-state index in [0.29, 0.717) is 17.7 Å². The van der Waals surface area contributed by atoms with Crippen LogP contribution in [0.3, 0.4) is 0 Å². The number of carboxylic acids is 1. The van der Waals surface area contributed by atoms with Crippen LogP contribution < -0.4 is 0 Å². The Balaban J connectivity index is 1.91. The predicted octanol–water partition coefficient (Wildman–Crippen LogP) is 2.39. The highest BCUT2D eigenvalue weighted by Crippen LogP contribution is 2.57. The molecular formula is C13H10BrN3O2. The van der Waals surface area contributed by atoms with Crippen molar-refractivity contribution in [2.75, 3.05) is 0 Å². The molecule has 19 heavy (non-hydrogen) atoms. The van der Waals surface area contributed by atoms with Gasteiger partial charge in [-0.05, 0) is 46.8 Å². The molecule has 1 saturated carbocycles. The molecule has 0 aromatic carbocycles. The number of pyridine rings is 1. The molecule has 2 aliphatic carbocycles. The summed E-state index contributed by atoms with van der Waals surface area (Å²) in [6, 6.07) is 3.73. The zero-order valence-corrected chi connectivity index (χ0v) is 11.5. The van der Waals surface area contributed by atoms with E-state index in [0.717, 1.165) is 28.6 Å². The highest BCUT2D eigenvalue weighted by atomic mass is 79.9.